The van der Waals surface area contributed by atoms with Gasteiger partial charge in [-0.2, -0.15) is 0 Å². The Morgan fingerprint density at radius 2 is 1.88 bits per heavy atom. The highest BCUT2D eigenvalue weighted by Gasteiger charge is 2.57. The maximum Gasteiger partial charge on any atom is 0.320 e. The van der Waals surface area contributed by atoms with Gasteiger partial charge in [0.25, 0.3) is 5.91 Å². The molecule has 0 saturated carbocycles. The Morgan fingerprint density at radius 3 is 2.65 bits per heavy atom. The van der Waals surface area contributed by atoms with Gasteiger partial charge in [0.05, 0.1) is 12.1 Å². The molecule has 43 heavy (non-hydrogen) atoms. The summed E-state index contributed by atoms with van der Waals surface area (Å²) >= 11 is 0. The number of nitrogens with one attached hydrogen (secondary N) is 2. The van der Waals surface area contributed by atoms with Crippen LogP contribution in [0, 0.1) is 0 Å². The number of amides is 3. The number of likely N-dealkylation sites (tertiary alicyclic amines) is 1. The molecule has 6 atom stereocenters. The third-order valence-electron chi connectivity index (χ3n) is 7.62. The van der Waals surface area contributed by atoms with Gasteiger partial charge >= 0.3 is 6.03 Å². The van der Waals surface area contributed by atoms with E-state index in [0.717, 1.165) is 5.56 Å². The number of hydrogen-bond donors (Lipinski definition) is 2. The zero-order valence-electron chi connectivity index (χ0n) is 23.7. The van der Waals surface area contributed by atoms with Crippen LogP contribution in [0.25, 0.3) is 17.2 Å². The van der Waals surface area contributed by atoms with Crippen molar-refractivity contribution in [2.75, 3.05) is 30.4 Å². The fourth-order valence-electron chi connectivity index (χ4n) is 5.80. The van der Waals surface area contributed by atoms with E-state index in [-0.39, 0.29) is 17.5 Å². The third-order valence-corrected chi connectivity index (χ3v) is 8.61. The minimum Gasteiger partial charge on any atom is -0.339 e. The number of carbonyl (C=O) groups excluding carboxylic acids is 2. The largest absolute Gasteiger partial charge is 0.339 e. The normalized spacial score (nSPS) is 27.2. The Balaban J connectivity index is 1.31. The molecule has 14 nitrogen and oxygen atoms in total. The minimum atomic E-state index is -3.31. The number of benzene rings is 1. The first-order chi connectivity index (χ1) is 20.7. The van der Waals surface area contributed by atoms with Crippen LogP contribution < -0.4 is 10.6 Å². The first kappa shape index (κ1) is 29.2. The highest BCUT2D eigenvalue weighted by Crippen LogP contribution is 2.42. The maximum atomic E-state index is 13.9. The zero-order chi connectivity index (χ0) is 30.1. The highest BCUT2D eigenvalue weighted by molar-refractivity contribution is 7.90. The van der Waals surface area contributed by atoms with Gasteiger partial charge in [-0.3, -0.25) is 14.7 Å². The van der Waals surface area contributed by atoms with Gasteiger partial charge in [0.1, 0.15) is 28.4 Å². The molecule has 3 aliphatic heterocycles. The Labute approximate surface area is 248 Å². The lowest BCUT2D eigenvalue weighted by atomic mass is 10.1. The topological polar surface area (TPSA) is 167 Å². The number of rotatable bonds is 8. The van der Waals surface area contributed by atoms with Crippen molar-refractivity contribution in [3.8, 4) is 0 Å². The molecule has 0 radical (unpaired) electrons. The Kier molecular flexibility index (Phi) is 8.13. The van der Waals surface area contributed by atoms with Crippen LogP contribution in [0.3, 0.4) is 0 Å². The molecule has 3 aliphatic rings. The Bertz CT molecular complexity index is 1630. The molecule has 0 spiro atoms. The van der Waals surface area contributed by atoms with Crippen LogP contribution in [-0.2, 0) is 28.8 Å². The Hall–Kier alpha value is -3.92. The number of nitrogens with zero attached hydrogens (tertiary/aromatic N) is 5. The summed E-state index contributed by atoms with van der Waals surface area (Å²) in [5.74, 6) is -0.254. The molecule has 5 heterocycles. The summed E-state index contributed by atoms with van der Waals surface area (Å²) < 4.78 is 44.7. The van der Waals surface area contributed by atoms with E-state index in [1.54, 1.807) is 22.5 Å². The van der Waals surface area contributed by atoms with E-state index in [1.807, 2.05) is 36.4 Å². The summed E-state index contributed by atoms with van der Waals surface area (Å²) in [5, 5.41) is 5.32. The lowest BCUT2D eigenvalue weighted by molar-refractivity contribution is -0.161. The van der Waals surface area contributed by atoms with Crippen molar-refractivity contribution in [1.82, 2.24) is 29.7 Å². The molecule has 0 aliphatic carbocycles. The SMILES string of the molecule is CCNC(=O)Nc1ncnc2c1ncn2C1OC(C(=O)N2CCCC2CS(C)(=O)=O)C2OC(/C=C/c3ccccc3)OC21. The van der Waals surface area contributed by atoms with Crippen LogP contribution in [0.5, 0.6) is 0 Å². The number of aromatic nitrogens is 4. The summed E-state index contributed by atoms with van der Waals surface area (Å²) in [4.78, 5) is 40.6. The van der Waals surface area contributed by atoms with E-state index in [1.165, 1.54) is 18.9 Å². The zero-order valence-corrected chi connectivity index (χ0v) is 24.5. The van der Waals surface area contributed by atoms with Crippen LogP contribution in [-0.4, -0.2) is 101 Å². The maximum absolute atomic E-state index is 13.9. The van der Waals surface area contributed by atoms with Crippen molar-refractivity contribution in [3.05, 3.63) is 54.6 Å². The molecule has 1 aromatic carbocycles. The van der Waals surface area contributed by atoms with Gasteiger partial charge in [-0.15, -0.1) is 0 Å². The van der Waals surface area contributed by atoms with Crippen LogP contribution >= 0.6 is 0 Å². The predicted octanol–water partition coefficient (Wildman–Crippen LogP) is 1.72. The number of urea groups is 1. The van der Waals surface area contributed by atoms with Crippen LogP contribution in [0.15, 0.2) is 49.1 Å². The average molecular weight is 612 g/mol. The van der Waals surface area contributed by atoms with E-state index in [2.05, 4.69) is 25.6 Å². The number of sulfone groups is 1. The number of hydrogen-bond acceptors (Lipinski definition) is 10. The van der Waals surface area contributed by atoms with Gasteiger partial charge in [-0.25, -0.2) is 28.2 Å². The average Bonchev–Trinajstić information content (AvgIpc) is 3.75. The fraction of sp³-hybridized carbons (Fsp3) is 0.464. The van der Waals surface area contributed by atoms with Gasteiger partial charge in [0, 0.05) is 25.4 Å². The van der Waals surface area contributed by atoms with Crippen molar-refractivity contribution in [2.24, 2.45) is 0 Å². The number of fused-ring (bicyclic) bond motifs is 2. The molecule has 3 saturated heterocycles. The van der Waals surface area contributed by atoms with Gasteiger partial charge < -0.3 is 24.4 Å². The van der Waals surface area contributed by atoms with Gasteiger partial charge in [0.2, 0.25) is 0 Å². The number of anilines is 1. The monoisotopic (exact) mass is 611 g/mol. The molecule has 0 bridgehead atoms. The van der Waals surface area contributed by atoms with Crippen molar-refractivity contribution in [1.29, 1.82) is 0 Å². The quantitative estimate of drug-likeness (QED) is 0.383. The molecule has 2 N–H and O–H groups in total. The molecular weight excluding hydrogens is 578 g/mol. The third kappa shape index (κ3) is 6.11. The molecule has 2 aromatic heterocycles. The number of carbonyl (C=O) groups is 2. The summed E-state index contributed by atoms with van der Waals surface area (Å²) in [6.45, 7) is 2.66. The number of imidazole rings is 1. The van der Waals surface area contributed by atoms with Crippen molar-refractivity contribution >= 4 is 44.8 Å². The molecule has 6 rings (SSSR count). The minimum absolute atomic E-state index is 0.118. The first-order valence-electron chi connectivity index (χ1n) is 14.1. The van der Waals surface area contributed by atoms with Crippen molar-refractivity contribution in [3.63, 3.8) is 0 Å². The highest BCUT2D eigenvalue weighted by atomic mass is 32.2. The van der Waals surface area contributed by atoms with Crippen molar-refractivity contribution in [2.45, 2.75) is 56.6 Å². The second kappa shape index (κ2) is 12.0. The molecule has 6 unspecified atom stereocenters. The van der Waals surface area contributed by atoms with Crippen LogP contribution in [0.1, 0.15) is 31.6 Å². The molecule has 3 amide bonds. The molecule has 228 valence electrons. The van der Waals surface area contributed by atoms with E-state index in [4.69, 9.17) is 14.2 Å². The van der Waals surface area contributed by atoms with E-state index in [0.29, 0.717) is 37.1 Å². The van der Waals surface area contributed by atoms with Crippen LogP contribution in [0.4, 0.5) is 10.6 Å². The van der Waals surface area contributed by atoms with E-state index < -0.39 is 52.7 Å². The smallest absolute Gasteiger partial charge is 0.320 e. The number of ether oxygens (including phenoxy) is 3. The van der Waals surface area contributed by atoms with Crippen molar-refractivity contribution < 1.29 is 32.2 Å². The van der Waals surface area contributed by atoms with Gasteiger partial charge in [-0.1, -0.05) is 36.4 Å². The standard InChI is InChI=1S/C28H33N7O7S/c1-3-29-28(37)33-24-20-25(31-15-30-24)35(16-32-20)27-23-21(40-19(41-23)12-11-17-8-5-4-6-9-17)22(42-27)26(36)34-13-7-10-18(34)14-43(2,38)39/h4-6,8-9,11-12,15-16,18-19,21-23,27H,3,7,10,13-14H2,1-2H3,(H2,29,30,31,33,37)/b12-11+. The summed E-state index contributed by atoms with van der Waals surface area (Å²) in [7, 11) is -3.31. The second-order valence-electron chi connectivity index (χ2n) is 10.7. The summed E-state index contributed by atoms with van der Waals surface area (Å²) in [6, 6.07) is 8.79. The van der Waals surface area contributed by atoms with E-state index in [9.17, 15) is 18.0 Å². The molecule has 3 aromatic rings. The summed E-state index contributed by atoms with van der Waals surface area (Å²) in [6.07, 6.45) is 4.72. The van der Waals surface area contributed by atoms with Crippen LogP contribution in [0.2, 0.25) is 0 Å². The van der Waals surface area contributed by atoms with Gasteiger partial charge in [0.15, 0.2) is 35.6 Å². The van der Waals surface area contributed by atoms with E-state index >= 15 is 0 Å². The molecule has 3 fully saturated rings. The summed E-state index contributed by atoms with van der Waals surface area (Å²) in [5.41, 5.74) is 1.65. The lowest BCUT2D eigenvalue weighted by Gasteiger charge is -2.28. The predicted molar refractivity (Wildman–Crippen MR) is 155 cm³/mol. The molecular formula is C28H33N7O7S. The Morgan fingerprint density at radius 1 is 1.09 bits per heavy atom. The van der Waals surface area contributed by atoms with Gasteiger partial charge in [-0.05, 0) is 31.4 Å². The fourth-order valence-corrected chi connectivity index (χ4v) is 6.84. The lowest BCUT2D eigenvalue weighted by Crippen LogP contribution is -2.48. The first-order valence-corrected chi connectivity index (χ1v) is 16.2. The second-order valence-corrected chi connectivity index (χ2v) is 12.9. The molecule has 15 heteroatoms.